The lowest BCUT2D eigenvalue weighted by atomic mass is 10.2. The molecule has 3 aromatic rings. The Morgan fingerprint density at radius 1 is 1.00 bits per heavy atom. The quantitative estimate of drug-likeness (QED) is 0.711. The summed E-state index contributed by atoms with van der Waals surface area (Å²) in [5, 5.41) is 4.29. The molecule has 0 saturated heterocycles. The number of hydrogen-bond acceptors (Lipinski definition) is 4. The van der Waals surface area contributed by atoms with Gasteiger partial charge in [-0.15, -0.1) is 5.10 Å². The van der Waals surface area contributed by atoms with Crippen molar-refractivity contribution in [2.75, 3.05) is 5.73 Å². The molecule has 0 aliphatic rings. The smallest absolute Gasteiger partial charge is 0.181 e. The SMILES string of the molecule is Nc1ccc(-c2ncn(-c3ccc(F)cn3)n2)cc1. The molecule has 3 rings (SSSR count). The lowest BCUT2D eigenvalue weighted by molar-refractivity contribution is 0.619. The molecule has 0 spiro atoms. The van der Waals surface area contributed by atoms with Crippen LogP contribution in [0.4, 0.5) is 10.1 Å². The predicted octanol–water partition coefficient (Wildman–Crippen LogP) is 2.05. The van der Waals surface area contributed by atoms with Crippen LogP contribution in [0, 0.1) is 5.82 Å². The molecule has 2 N–H and O–H groups in total. The van der Waals surface area contributed by atoms with Crippen molar-refractivity contribution in [2.24, 2.45) is 0 Å². The van der Waals surface area contributed by atoms with Crippen molar-refractivity contribution in [2.45, 2.75) is 0 Å². The largest absolute Gasteiger partial charge is 0.399 e. The van der Waals surface area contributed by atoms with Crippen molar-refractivity contribution in [1.82, 2.24) is 19.7 Å². The fourth-order valence-electron chi connectivity index (χ4n) is 1.64. The van der Waals surface area contributed by atoms with Crippen molar-refractivity contribution in [1.29, 1.82) is 0 Å². The zero-order chi connectivity index (χ0) is 13.2. The lowest BCUT2D eigenvalue weighted by Gasteiger charge is -1.98. The van der Waals surface area contributed by atoms with Crippen LogP contribution in [0.15, 0.2) is 48.9 Å². The topological polar surface area (TPSA) is 69.6 Å². The minimum Gasteiger partial charge on any atom is -0.399 e. The minimum absolute atomic E-state index is 0.386. The van der Waals surface area contributed by atoms with Crippen LogP contribution in [0.3, 0.4) is 0 Å². The van der Waals surface area contributed by atoms with Gasteiger partial charge in [0.1, 0.15) is 12.1 Å². The summed E-state index contributed by atoms with van der Waals surface area (Å²) in [4.78, 5) is 8.13. The molecule has 0 saturated carbocycles. The number of nitrogen functional groups attached to an aromatic ring is 1. The molecule has 6 heteroatoms. The molecule has 2 heterocycles. The first-order valence-electron chi connectivity index (χ1n) is 5.62. The first-order chi connectivity index (χ1) is 9.22. The summed E-state index contributed by atoms with van der Waals surface area (Å²) in [7, 11) is 0. The zero-order valence-corrected chi connectivity index (χ0v) is 9.86. The molecule has 5 nitrogen and oxygen atoms in total. The van der Waals surface area contributed by atoms with Crippen molar-refractivity contribution >= 4 is 5.69 Å². The highest BCUT2D eigenvalue weighted by Crippen LogP contribution is 2.16. The van der Waals surface area contributed by atoms with Gasteiger partial charge in [-0.1, -0.05) is 0 Å². The van der Waals surface area contributed by atoms with E-state index in [9.17, 15) is 4.39 Å². The van der Waals surface area contributed by atoms with Crippen LogP contribution >= 0.6 is 0 Å². The van der Waals surface area contributed by atoms with Gasteiger partial charge >= 0.3 is 0 Å². The Morgan fingerprint density at radius 2 is 1.79 bits per heavy atom. The van der Waals surface area contributed by atoms with Gasteiger partial charge < -0.3 is 5.73 Å². The summed E-state index contributed by atoms with van der Waals surface area (Å²) in [6, 6.07) is 10.1. The zero-order valence-electron chi connectivity index (χ0n) is 9.86. The van der Waals surface area contributed by atoms with E-state index in [0.29, 0.717) is 17.3 Å². The van der Waals surface area contributed by atoms with Crippen molar-refractivity contribution in [3.05, 3.63) is 54.7 Å². The molecule has 0 aliphatic carbocycles. The van der Waals surface area contributed by atoms with Gasteiger partial charge in [0.05, 0.1) is 6.20 Å². The van der Waals surface area contributed by atoms with Crippen LogP contribution in [0.25, 0.3) is 17.2 Å². The van der Waals surface area contributed by atoms with Crippen molar-refractivity contribution < 1.29 is 4.39 Å². The van der Waals surface area contributed by atoms with Gasteiger partial charge in [-0.25, -0.2) is 19.0 Å². The Bertz CT molecular complexity index is 628. The van der Waals surface area contributed by atoms with E-state index in [1.54, 1.807) is 12.1 Å². The van der Waals surface area contributed by atoms with E-state index < -0.39 is 0 Å². The van der Waals surface area contributed by atoms with Gasteiger partial charge in [0, 0.05) is 11.3 Å². The van der Waals surface area contributed by atoms with Gasteiger partial charge in [0.15, 0.2) is 11.6 Å². The lowest BCUT2D eigenvalue weighted by Crippen LogP contribution is -1.98. The van der Waals surface area contributed by atoms with Crippen LogP contribution in [0.1, 0.15) is 0 Å². The Morgan fingerprint density at radius 3 is 2.47 bits per heavy atom. The molecular formula is C13H10FN5. The summed E-state index contributed by atoms with van der Waals surface area (Å²) < 4.78 is 14.3. The van der Waals surface area contributed by atoms with Crippen molar-refractivity contribution in [3.63, 3.8) is 0 Å². The van der Waals surface area contributed by atoms with E-state index in [4.69, 9.17) is 5.73 Å². The number of pyridine rings is 1. The third-order valence-electron chi connectivity index (χ3n) is 2.61. The number of hydrogen-bond donors (Lipinski definition) is 1. The highest BCUT2D eigenvalue weighted by atomic mass is 19.1. The Balaban J connectivity index is 1.95. The maximum Gasteiger partial charge on any atom is 0.181 e. The summed E-state index contributed by atoms with van der Waals surface area (Å²) in [5.74, 6) is 0.685. The number of aromatic nitrogens is 4. The van der Waals surface area contributed by atoms with E-state index in [1.807, 2.05) is 12.1 Å². The highest BCUT2D eigenvalue weighted by Gasteiger charge is 2.06. The Hall–Kier alpha value is -2.76. The van der Waals surface area contributed by atoms with Gasteiger partial charge in [-0.05, 0) is 36.4 Å². The number of anilines is 1. The van der Waals surface area contributed by atoms with Crippen LogP contribution in [-0.4, -0.2) is 19.7 Å². The van der Waals surface area contributed by atoms with E-state index in [-0.39, 0.29) is 5.82 Å². The van der Waals surface area contributed by atoms with E-state index in [1.165, 1.54) is 23.1 Å². The normalized spacial score (nSPS) is 10.6. The fraction of sp³-hybridized carbons (Fsp3) is 0. The summed E-state index contributed by atoms with van der Waals surface area (Å²) in [6.07, 6.45) is 2.67. The van der Waals surface area contributed by atoms with E-state index >= 15 is 0 Å². The number of rotatable bonds is 2. The van der Waals surface area contributed by atoms with Crippen LogP contribution in [0.2, 0.25) is 0 Å². The van der Waals surface area contributed by atoms with Gasteiger partial charge in [-0.2, -0.15) is 0 Å². The molecule has 1 aromatic carbocycles. The summed E-state index contributed by atoms with van der Waals surface area (Å²) in [5.41, 5.74) is 7.16. The molecular weight excluding hydrogens is 245 g/mol. The molecule has 94 valence electrons. The number of nitrogens with two attached hydrogens (primary N) is 1. The summed E-state index contributed by atoms with van der Waals surface area (Å²) in [6.45, 7) is 0. The molecule has 0 amide bonds. The second kappa shape index (κ2) is 4.49. The monoisotopic (exact) mass is 255 g/mol. The maximum atomic E-state index is 12.8. The molecule has 19 heavy (non-hydrogen) atoms. The van der Waals surface area contributed by atoms with Crippen molar-refractivity contribution in [3.8, 4) is 17.2 Å². The Kier molecular flexibility index (Phi) is 2.68. The van der Waals surface area contributed by atoms with E-state index in [0.717, 1.165) is 11.8 Å². The van der Waals surface area contributed by atoms with Crippen LogP contribution in [0.5, 0.6) is 0 Å². The standard InChI is InChI=1S/C13H10FN5/c14-10-3-6-12(16-7-10)19-8-17-13(18-19)9-1-4-11(15)5-2-9/h1-8H,15H2. The van der Waals surface area contributed by atoms with Gasteiger partial charge in [0.25, 0.3) is 0 Å². The van der Waals surface area contributed by atoms with Gasteiger partial charge in [-0.3, -0.25) is 0 Å². The minimum atomic E-state index is -0.386. The highest BCUT2D eigenvalue weighted by molar-refractivity contribution is 5.58. The van der Waals surface area contributed by atoms with Crippen LogP contribution < -0.4 is 5.73 Å². The molecule has 0 radical (unpaired) electrons. The van der Waals surface area contributed by atoms with Crippen LogP contribution in [-0.2, 0) is 0 Å². The second-order valence-corrected chi connectivity index (χ2v) is 3.97. The number of nitrogens with zero attached hydrogens (tertiary/aromatic N) is 4. The third kappa shape index (κ3) is 2.28. The first kappa shape index (κ1) is 11.3. The fourth-order valence-corrected chi connectivity index (χ4v) is 1.64. The third-order valence-corrected chi connectivity index (χ3v) is 2.61. The predicted molar refractivity (Wildman–Crippen MR) is 69.0 cm³/mol. The molecule has 0 bridgehead atoms. The Labute approximate surface area is 108 Å². The number of halogens is 1. The first-order valence-corrected chi connectivity index (χ1v) is 5.62. The van der Waals surface area contributed by atoms with E-state index in [2.05, 4.69) is 15.1 Å². The molecule has 2 aromatic heterocycles. The van der Waals surface area contributed by atoms with Gasteiger partial charge in [0.2, 0.25) is 0 Å². The summed E-state index contributed by atoms with van der Waals surface area (Å²) >= 11 is 0. The number of benzene rings is 1. The molecule has 0 aliphatic heterocycles. The second-order valence-electron chi connectivity index (χ2n) is 3.97. The average molecular weight is 255 g/mol. The molecule has 0 atom stereocenters. The molecule has 0 unspecified atom stereocenters. The average Bonchev–Trinajstić information content (AvgIpc) is 2.90. The molecule has 0 fully saturated rings. The maximum absolute atomic E-state index is 12.8.